The third-order valence-electron chi connectivity index (χ3n) is 10.0. The molecule has 0 aromatic heterocycles. The Bertz CT molecular complexity index is 873. The average molecular weight is 773 g/mol. The number of phosphoric ester groups is 1. The molecular formula is C44H85O8P. The van der Waals surface area contributed by atoms with Gasteiger partial charge in [-0.25, -0.2) is 4.57 Å². The summed E-state index contributed by atoms with van der Waals surface area (Å²) in [4.78, 5) is 42.9. The van der Waals surface area contributed by atoms with Crippen molar-refractivity contribution in [2.45, 2.75) is 245 Å². The standard InChI is InChI=1S/C44H85O8P/c1-3-5-7-9-11-13-15-17-19-21-22-23-25-27-29-31-33-35-37-39-44(46)52-42(41-51-53(47,48)49)40-50-43(45)38-36-34-32-30-28-26-24-20-18-16-14-12-10-8-6-4-2/h17,19,42H,3-16,18,20-41H2,1-2H3,(H2,47,48,49)/b19-17-. The SMILES string of the molecule is CCCCCCCC/C=C\CCCCCCCCCCCC(=O)OC(COC(=O)CCCCCCCCCCCCCCCCCC)COP(=O)(O)O. The smallest absolute Gasteiger partial charge is 0.462 e. The zero-order valence-electron chi connectivity index (χ0n) is 34.7. The van der Waals surface area contributed by atoms with Crippen molar-refractivity contribution >= 4 is 19.8 Å². The molecule has 0 bridgehead atoms. The molecule has 0 spiro atoms. The third kappa shape index (κ3) is 43.4. The highest BCUT2D eigenvalue weighted by molar-refractivity contribution is 7.46. The first-order valence-corrected chi connectivity index (χ1v) is 24.0. The number of phosphoric acid groups is 1. The van der Waals surface area contributed by atoms with E-state index in [1.54, 1.807) is 0 Å². The molecule has 0 saturated heterocycles. The van der Waals surface area contributed by atoms with E-state index in [0.29, 0.717) is 6.42 Å². The molecule has 0 radical (unpaired) electrons. The molecule has 9 heteroatoms. The molecule has 0 aliphatic heterocycles. The van der Waals surface area contributed by atoms with Gasteiger partial charge in [0.15, 0.2) is 6.10 Å². The van der Waals surface area contributed by atoms with Gasteiger partial charge in [-0.15, -0.1) is 0 Å². The van der Waals surface area contributed by atoms with Crippen molar-refractivity contribution < 1.29 is 37.9 Å². The Kier molecular flexibility index (Phi) is 39.5. The molecule has 2 N–H and O–H groups in total. The maximum Gasteiger partial charge on any atom is 0.469 e. The van der Waals surface area contributed by atoms with Crippen LogP contribution in [-0.2, 0) is 28.2 Å². The number of carbonyl (C=O) groups excluding carboxylic acids is 2. The van der Waals surface area contributed by atoms with E-state index >= 15 is 0 Å². The van der Waals surface area contributed by atoms with Crippen LogP contribution >= 0.6 is 7.82 Å². The second kappa shape index (κ2) is 40.5. The van der Waals surface area contributed by atoms with Gasteiger partial charge in [0.2, 0.25) is 0 Å². The van der Waals surface area contributed by atoms with Gasteiger partial charge in [-0.2, -0.15) is 0 Å². The number of rotatable bonds is 42. The molecule has 0 aromatic rings. The Morgan fingerprint density at radius 3 is 1.15 bits per heavy atom. The molecule has 0 heterocycles. The molecule has 0 fully saturated rings. The minimum absolute atomic E-state index is 0.214. The van der Waals surface area contributed by atoms with E-state index in [1.807, 2.05) is 0 Å². The minimum Gasteiger partial charge on any atom is -0.462 e. The molecule has 314 valence electrons. The molecule has 8 nitrogen and oxygen atoms in total. The summed E-state index contributed by atoms with van der Waals surface area (Å²) in [6, 6.07) is 0. The van der Waals surface area contributed by atoms with Crippen molar-refractivity contribution in [3.63, 3.8) is 0 Å². The predicted molar refractivity (Wildman–Crippen MR) is 221 cm³/mol. The van der Waals surface area contributed by atoms with Crippen molar-refractivity contribution in [3.8, 4) is 0 Å². The van der Waals surface area contributed by atoms with Gasteiger partial charge in [0.25, 0.3) is 0 Å². The molecule has 0 aliphatic rings. The van der Waals surface area contributed by atoms with Crippen LogP contribution in [-0.4, -0.2) is 41.0 Å². The van der Waals surface area contributed by atoms with E-state index in [-0.39, 0.29) is 19.4 Å². The first kappa shape index (κ1) is 51.8. The summed E-state index contributed by atoms with van der Waals surface area (Å²) in [6.45, 7) is 3.71. The molecular weight excluding hydrogens is 687 g/mol. The van der Waals surface area contributed by atoms with Gasteiger partial charge >= 0.3 is 19.8 Å². The van der Waals surface area contributed by atoms with Crippen LogP contribution in [0.25, 0.3) is 0 Å². The van der Waals surface area contributed by atoms with Gasteiger partial charge in [0.1, 0.15) is 6.61 Å². The van der Waals surface area contributed by atoms with Crippen LogP contribution in [0, 0.1) is 0 Å². The Hall–Kier alpha value is -1.21. The normalized spacial score (nSPS) is 12.5. The van der Waals surface area contributed by atoms with Crippen LogP contribution < -0.4 is 0 Å². The van der Waals surface area contributed by atoms with Gasteiger partial charge in [-0.3, -0.25) is 14.1 Å². The van der Waals surface area contributed by atoms with Gasteiger partial charge in [0.05, 0.1) is 6.61 Å². The lowest BCUT2D eigenvalue weighted by Crippen LogP contribution is -2.29. The number of hydrogen-bond donors (Lipinski definition) is 2. The average Bonchev–Trinajstić information content (AvgIpc) is 3.13. The van der Waals surface area contributed by atoms with Crippen molar-refractivity contribution in [2.24, 2.45) is 0 Å². The Balaban J connectivity index is 3.85. The fourth-order valence-corrected chi connectivity index (χ4v) is 7.02. The Morgan fingerprint density at radius 1 is 0.472 bits per heavy atom. The lowest BCUT2D eigenvalue weighted by Gasteiger charge is -2.18. The van der Waals surface area contributed by atoms with Crippen LogP contribution in [0.5, 0.6) is 0 Å². The molecule has 0 rings (SSSR count). The maximum atomic E-state index is 12.4. The summed E-state index contributed by atoms with van der Waals surface area (Å²) in [5.41, 5.74) is 0. The van der Waals surface area contributed by atoms with Gasteiger partial charge in [-0.05, 0) is 38.5 Å². The van der Waals surface area contributed by atoms with E-state index < -0.39 is 32.5 Å². The molecule has 0 saturated carbocycles. The monoisotopic (exact) mass is 773 g/mol. The van der Waals surface area contributed by atoms with E-state index in [1.165, 1.54) is 167 Å². The molecule has 53 heavy (non-hydrogen) atoms. The lowest BCUT2D eigenvalue weighted by atomic mass is 10.0. The first-order valence-electron chi connectivity index (χ1n) is 22.5. The molecule has 1 unspecified atom stereocenters. The lowest BCUT2D eigenvalue weighted by molar-refractivity contribution is -0.161. The summed E-state index contributed by atoms with van der Waals surface area (Å²) < 4.78 is 26.4. The number of allylic oxidation sites excluding steroid dienone is 2. The highest BCUT2D eigenvalue weighted by Gasteiger charge is 2.23. The fourth-order valence-electron chi connectivity index (χ4n) is 6.66. The zero-order chi connectivity index (χ0) is 38.9. The van der Waals surface area contributed by atoms with Crippen LogP contribution in [0.2, 0.25) is 0 Å². The number of carbonyl (C=O) groups is 2. The third-order valence-corrected chi connectivity index (χ3v) is 10.5. The number of unbranched alkanes of at least 4 members (excludes halogenated alkanes) is 30. The second-order valence-electron chi connectivity index (χ2n) is 15.4. The van der Waals surface area contributed by atoms with Crippen LogP contribution in [0.3, 0.4) is 0 Å². The van der Waals surface area contributed by atoms with E-state index in [0.717, 1.165) is 38.5 Å². The van der Waals surface area contributed by atoms with Crippen LogP contribution in [0.15, 0.2) is 12.2 Å². The Labute approximate surface area is 327 Å². The first-order chi connectivity index (χ1) is 25.8. The molecule has 0 aliphatic carbocycles. The number of hydrogen-bond acceptors (Lipinski definition) is 6. The van der Waals surface area contributed by atoms with Gasteiger partial charge in [0, 0.05) is 12.8 Å². The number of esters is 2. The largest absolute Gasteiger partial charge is 0.469 e. The Morgan fingerprint density at radius 2 is 0.792 bits per heavy atom. The predicted octanol–water partition coefficient (Wildman–Crippen LogP) is 13.8. The van der Waals surface area contributed by atoms with E-state index in [2.05, 4.69) is 30.5 Å². The summed E-state index contributed by atoms with van der Waals surface area (Å²) in [7, 11) is -4.75. The van der Waals surface area contributed by atoms with Gasteiger partial charge in [-0.1, -0.05) is 199 Å². The van der Waals surface area contributed by atoms with E-state index in [4.69, 9.17) is 19.3 Å². The van der Waals surface area contributed by atoms with E-state index in [9.17, 15) is 14.2 Å². The molecule has 1 atom stereocenters. The maximum absolute atomic E-state index is 12.4. The van der Waals surface area contributed by atoms with Crippen molar-refractivity contribution in [3.05, 3.63) is 12.2 Å². The highest BCUT2D eigenvalue weighted by atomic mass is 31.2. The van der Waals surface area contributed by atoms with Crippen LogP contribution in [0.1, 0.15) is 239 Å². The quantitative estimate of drug-likeness (QED) is 0.0272. The van der Waals surface area contributed by atoms with Crippen molar-refractivity contribution in [2.75, 3.05) is 13.2 Å². The molecule has 0 amide bonds. The highest BCUT2D eigenvalue weighted by Crippen LogP contribution is 2.36. The summed E-state index contributed by atoms with van der Waals surface area (Å²) >= 11 is 0. The zero-order valence-corrected chi connectivity index (χ0v) is 35.6. The van der Waals surface area contributed by atoms with Crippen molar-refractivity contribution in [1.29, 1.82) is 0 Å². The summed E-state index contributed by atoms with van der Waals surface area (Å²) in [5, 5.41) is 0. The topological polar surface area (TPSA) is 119 Å². The van der Waals surface area contributed by atoms with Crippen molar-refractivity contribution in [1.82, 2.24) is 0 Å². The fraction of sp³-hybridized carbons (Fsp3) is 0.909. The van der Waals surface area contributed by atoms with Crippen LogP contribution in [0.4, 0.5) is 0 Å². The summed E-state index contributed by atoms with van der Waals surface area (Å²) in [6.07, 6.45) is 45.0. The minimum atomic E-state index is -4.75. The van der Waals surface area contributed by atoms with Gasteiger partial charge < -0.3 is 19.3 Å². The summed E-state index contributed by atoms with van der Waals surface area (Å²) in [5.74, 6) is -0.873. The second-order valence-corrected chi connectivity index (χ2v) is 16.6. The molecule has 0 aromatic carbocycles. The number of ether oxygens (including phenoxy) is 2.